The summed E-state index contributed by atoms with van der Waals surface area (Å²) >= 11 is 5.75. The molecule has 0 unspecified atom stereocenters. The first-order chi connectivity index (χ1) is 10.1. The van der Waals surface area contributed by atoms with Crippen LogP contribution in [0.25, 0.3) is 16.7 Å². The predicted molar refractivity (Wildman–Crippen MR) is 75.4 cm³/mol. The van der Waals surface area contributed by atoms with Crippen LogP contribution in [0.15, 0.2) is 36.4 Å². The van der Waals surface area contributed by atoms with Gasteiger partial charge in [-0.1, -0.05) is 0 Å². The van der Waals surface area contributed by atoms with Gasteiger partial charge in [0.25, 0.3) is 0 Å². The predicted octanol–water partition coefficient (Wildman–Crippen LogP) is 4.22. The molecule has 0 aliphatic rings. The van der Waals surface area contributed by atoms with Gasteiger partial charge in [0, 0.05) is 24.4 Å². The van der Waals surface area contributed by atoms with Gasteiger partial charge in [-0.05, 0) is 24.3 Å². The number of imidazole rings is 1. The Morgan fingerprint density at radius 3 is 2.52 bits per heavy atom. The summed E-state index contributed by atoms with van der Waals surface area (Å²) in [5.74, 6) is -1.40. The van der Waals surface area contributed by atoms with E-state index in [-0.39, 0.29) is 0 Å². The molecule has 1 heterocycles. The first kappa shape index (κ1) is 13.9. The minimum atomic E-state index is -0.951. The molecule has 0 N–H and O–H groups in total. The van der Waals surface area contributed by atoms with Gasteiger partial charge in [-0.3, -0.25) is 4.57 Å². The van der Waals surface area contributed by atoms with E-state index >= 15 is 0 Å². The molecule has 0 amide bonds. The molecule has 2 aromatic carbocycles. The Morgan fingerprint density at radius 1 is 1.00 bits per heavy atom. The van der Waals surface area contributed by atoms with Crippen molar-refractivity contribution in [2.45, 2.75) is 6.42 Å². The zero-order chi connectivity index (χ0) is 15.0. The number of hydrogen-bond donors (Lipinski definition) is 0. The van der Waals surface area contributed by atoms with Crippen molar-refractivity contribution in [2.24, 2.45) is 0 Å². The van der Waals surface area contributed by atoms with Crippen molar-refractivity contribution in [3.63, 3.8) is 0 Å². The lowest BCUT2D eigenvalue weighted by Crippen LogP contribution is -2.03. The van der Waals surface area contributed by atoms with E-state index in [1.807, 2.05) is 0 Å². The van der Waals surface area contributed by atoms with Crippen LogP contribution < -0.4 is 0 Å². The third kappa shape index (κ3) is 2.49. The average molecular weight is 311 g/mol. The summed E-state index contributed by atoms with van der Waals surface area (Å²) in [6.07, 6.45) is 0.427. The van der Waals surface area contributed by atoms with E-state index in [1.165, 1.54) is 18.2 Å². The van der Waals surface area contributed by atoms with Gasteiger partial charge in [0.15, 0.2) is 11.6 Å². The van der Waals surface area contributed by atoms with Gasteiger partial charge in [0.05, 0.1) is 16.7 Å². The summed E-state index contributed by atoms with van der Waals surface area (Å²) < 4.78 is 41.5. The topological polar surface area (TPSA) is 17.8 Å². The Labute approximate surface area is 123 Å². The molecule has 0 radical (unpaired) electrons. The summed E-state index contributed by atoms with van der Waals surface area (Å²) in [6, 6.07) is 7.72. The molecule has 0 spiro atoms. The SMILES string of the molecule is Fc1ccc2c(c1)nc(CCCl)n2-c1ccc(F)c(F)c1. The summed E-state index contributed by atoms with van der Waals surface area (Å²) in [6.45, 7) is 0. The number of halogens is 4. The molecule has 108 valence electrons. The molecule has 3 rings (SSSR count). The summed E-state index contributed by atoms with van der Waals surface area (Å²) in [5.41, 5.74) is 1.48. The molecule has 0 saturated heterocycles. The van der Waals surface area contributed by atoms with Gasteiger partial charge in [0.2, 0.25) is 0 Å². The van der Waals surface area contributed by atoms with Crippen molar-refractivity contribution in [3.05, 3.63) is 59.7 Å². The Hall–Kier alpha value is -2.01. The first-order valence-electron chi connectivity index (χ1n) is 6.28. The van der Waals surface area contributed by atoms with E-state index in [4.69, 9.17) is 11.6 Å². The highest BCUT2D eigenvalue weighted by molar-refractivity contribution is 6.17. The van der Waals surface area contributed by atoms with Crippen LogP contribution >= 0.6 is 11.6 Å². The summed E-state index contributed by atoms with van der Waals surface area (Å²) in [4.78, 5) is 4.31. The minimum absolute atomic E-state index is 0.315. The smallest absolute Gasteiger partial charge is 0.160 e. The monoisotopic (exact) mass is 310 g/mol. The molecule has 3 aromatic rings. The maximum absolute atomic E-state index is 13.5. The van der Waals surface area contributed by atoms with Crippen molar-refractivity contribution in [3.8, 4) is 5.69 Å². The molecular weight excluding hydrogens is 301 g/mol. The van der Waals surface area contributed by atoms with Crippen LogP contribution in [-0.2, 0) is 6.42 Å². The zero-order valence-corrected chi connectivity index (χ0v) is 11.5. The van der Waals surface area contributed by atoms with E-state index in [9.17, 15) is 13.2 Å². The number of benzene rings is 2. The van der Waals surface area contributed by atoms with Crippen molar-refractivity contribution < 1.29 is 13.2 Å². The summed E-state index contributed by atoms with van der Waals surface area (Å²) in [5, 5.41) is 0. The summed E-state index contributed by atoms with van der Waals surface area (Å²) in [7, 11) is 0. The largest absolute Gasteiger partial charge is 0.296 e. The van der Waals surface area contributed by atoms with E-state index in [0.717, 1.165) is 12.1 Å². The van der Waals surface area contributed by atoms with Crippen molar-refractivity contribution >= 4 is 22.6 Å². The third-order valence-electron chi connectivity index (χ3n) is 3.17. The lowest BCUT2D eigenvalue weighted by atomic mass is 10.2. The van der Waals surface area contributed by atoms with E-state index in [0.29, 0.717) is 34.8 Å². The molecule has 0 atom stereocenters. The van der Waals surface area contributed by atoms with Crippen molar-refractivity contribution in [1.82, 2.24) is 9.55 Å². The lowest BCUT2D eigenvalue weighted by Gasteiger charge is -2.09. The Bertz CT molecular complexity index is 814. The quantitative estimate of drug-likeness (QED) is 0.662. The molecule has 1 aromatic heterocycles. The molecule has 2 nitrogen and oxygen atoms in total. The molecule has 21 heavy (non-hydrogen) atoms. The van der Waals surface area contributed by atoms with Gasteiger partial charge < -0.3 is 0 Å². The van der Waals surface area contributed by atoms with Crippen molar-refractivity contribution in [2.75, 3.05) is 5.88 Å². The van der Waals surface area contributed by atoms with Gasteiger partial charge in [-0.25, -0.2) is 18.2 Å². The normalized spacial score (nSPS) is 11.2. The maximum atomic E-state index is 13.5. The highest BCUT2D eigenvalue weighted by atomic mass is 35.5. The number of rotatable bonds is 3. The second-order valence-electron chi connectivity index (χ2n) is 4.53. The van der Waals surface area contributed by atoms with Gasteiger partial charge in [-0.2, -0.15) is 0 Å². The highest BCUT2D eigenvalue weighted by Gasteiger charge is 2.14. The highest BCUT2D eigenvalue weighted by Crippen LogP contribution is 2.24. The number of alkyl halides is 1. The number of aromatic nitrogens is 2. The zero-order valence-electron chi connectivity index (χ0n) is 10.8. The van der Waals surface area contributed by atoms with Crippen LogP contribution in [0, 0.1) is 17.5 Å². The van der Waals surface area contributed by atoms with Gasteiger partial charge in [0.1, 0.15) is 11.6 Å². The lowest BCUT2D eigenvalue weighted by molar-refractivity contribution is 0.508. The van der Waals surface area contributed by atoms with Crippen LogP contribution in [0.1, 0.15) is 5.82 Å². The Balaban J connectivity index is 2.27. The Kier molecular flexibility index (Phi) is 3.59. The Morgan fingerprint density at radius 2 is 1.81 bits per heavy atom. The van der Waals surface area contributed by atoms with Crippen LogP contribution in [0.3, 0.4) is 0 Å². The molecular formula is C15H10ClF3N2. The van der Waals surface area contributed by atoms with Crippen LogP contribution in [0.5, 0.6) is 0 Å². The third-order valence-corrected chi connectivity index (χ3v) is 3.35. The van der Waals surface area contributed by atoms with E-state index in [1.54, 1.807) is 10.6 Å². The average Bonchev–Trinajstić information content (AvgIpc) is 2.79. The molecule has 0 aliphatic heterocycles. The fourth-order valence-electron chi connectivity index (χ4n) is 2.27. The molecule has 0 saturated carbocycles. The van der Waals surface area contributed by atoms with Crippen LogP contribution in [-0.4, -0.2) is 15.4 Å². The van der Waals surface area contributed by atoms with Crippen molar-refractivity contribution in [1.29, 1.82) is 0 Å². The van der Waals surface area contributed by atoms with Gasteiger partial charge in [-0.15, -0.1) is 11.6 Å². The van der Waals surface area contributed by atoms with Gasteiger partial charge >= 0.3 is 0 Å². The fourth-order valence-corrected chi connectivity index (χ4v) is 2.44. The second-order valence-corrected chi connectivity index (χ2v) is 4.91. The number of fused-ring (bicyclic) bond motifs is 1. The molecule has 6 heteroatoms. The van der Waals surface area contributed by atoms with E-state index < -0.39 is 17.5 Å². The molecule has 0 fully saturated rings. The number of nitrogens with zero attached hydrogens (tertiary/aromatic N) is 2. The standard InChI is InChI=1S/C15H10ClF3N2/c16-6-5-15-20-13-7-9(17)1-4-14(13)21(15)10-2-3-11(18)12(19)8-10/h1-4,7-8H,5-6H2. The van der Waals surface area contributed by atoms with Crippen LogP contribution in [0.4, 0.5) is 13.2 Å². The fraction of sp³-hybridized carbons (Fsp3) is 0.133. The van der Waals surface area contributed by atoms with E-state index in [2.05, 4.69) is 4.98 Å². The minimum Gasteiger partial charge on any atom is -0.296 e. The number of aryl methyl sites for hydroxylation is 1. The molecule has 0 aliphatic carbocycles. The maximum Gasteiger partial charge on any atom is 0.160 e. The second kappa shape index (κ2) is 5.41. The number of hydrogen-bond acceptors (Lipinski definition) is 1. The van der Waals surface area contributed by atoms with Crippen LogP contribution in [0.2, 0.25) is 0 Å². The first-order valence-corrected chi connectivity index (χ1v) is 6.82. The molecule has 0 bridgehead atoms.